The van der Waals surface area contributed by atoms with Crippen LogP contribution in [0.1, 0.15) is 45.4 Å². The molecular weight excluding hydrogens is 583 g/mol. The molecule has 0 saturated carbocycles. The number of nitrogens with two attached hydrogens (primary N) is 2. The van der Waals surface area contributed by atoms with Crippen molar-refractivity contribution in [1.82, 2.24) is 15.3 Å². The van der Waals surface area contributed by atoms with E-state index in [4.69, 9.17) is 11.5 Å². The number of nitrogens with zero attached hydrogens (tertiary/aromatic N) is 3. The number of amides is 2. The number of aliphatic hydroxyl groups excluding tert-OH is 1. The van der Waals surface area contributed by atoms with Crippen LogP contribution >= 0.6 is 11.3 Å². The van der Waals surface area contributed by atoms with Crippen LogP contribution < -0.4 is 27.0 Å². The summed E-state index contributed by atoms with van der Waals surface area (Å²) in [4.78, 5) is 33.8. The lowest BCUT2D eigenvalue weighted by Gasteiger charge is -2.34. The number of benzene rings is 1. The van der Waals surface area contributed by atoms with E-state index in [1.54, 1.807) is 17.2 Å². The van der Waals surface area contributed by atoms with Gasteiger partial charge in [-0.1, -0.05) is 12.1 Å². The minimum atomic E-state index is -4.69. The Morgan fingerprint density at radius 2 is 1.93 bits per heavy atom. The number of aliphatic hydroxyl groups is 1. The van der Waals surface area contributed by atoms with Crippen molar-refractivity contribution in [2.75, 3.05) is 35.6 Å². The van der Waals surface area contributed by atoms with Crippen LogP contribution in [0.2, 0.25) is 0 Å². The number of anilines is 3. The molecule has 0 radical (unpaired) electrons. The molecule has 1 atom stereocenters. The number of piperidine rings is 1. The number of nitrogen functional groups attached to an aromatic ring is 1. The number of pyridine rings is 2. The number of primary amides is 1. The van der Waals surface area contributed by atoms with Gasteiger partial charge >= 0.3 is 6.18 Å². The van der Waals surface area contributed by atoms with E-state index in [-0.39, 0.29) is 45.1 Å². The van der Waals surface area contributed by atoms with Gasteiger partial charge in [0.25, 0.3) is 5.91 Å². The molecule has 224 valence electrons. The Labute approximate surface area is 247 Å². The fourth-order valence-electron chi connectivity index (χ4n) is 5.55. The van der Waals surface area contributed by atoms with Crippen molar-refractivity contribution in [2.24, 2.45) is 5.73 Å². The highest BCUT2D eigenvalue weighted by molar-refractivity contribution is 7.21. The number of hydrogen-bond donors (Lipinski definition) is 5. The van der Waals surface area contributed by atoms with E-state index in [2.05, 4.69) is 20.6 Å². The first kappa shape index (κ1) is 28.8. The van der Waals surface area contributed by atoms with Gasteiger partial charge in [0, 0.05) is 48.5 Å². The number of halogens is 3. The highest BCUT2D eigenvalue weighted by atomic mass is 32.1. The first-order chi connectivity index (χ1) is 20.5. The average molecular weight is 612 g/mol. The zero-order chi connectivity index (χ0) is 30.5. The molecule has 1 fully saturated rings. The van der Waals surface area contributed by atoms with E-state index in [1.807, 2.05) is 24.3 Å². The third kappa shape index (κ3) is 5.72. The smallest absolute Gasteiger partial charge is 0.397 e. The molecular formula is C29H28F3N7O3S. The van der Waals surface area contributed by atoms with Gasteiger partial charge in [-0.3, -0.25) is 14.6 Å². The zero-order valence-electron chi connectivity index (χ0n) is 22.7. The second-order valence-electron chi connectivity index (χ2n) is 10.7. The SMILES string of the molecule is NC(=O)c1sc2nc(N3CCC(NCC(O)c4ccc(-c5ccc6c(c5)CC(=O)N6)cn4)CC3)cc(C(F)(F)F)c2c1N. The van der Waals surface area contributed by atoms with Gasteiger partial charge in [0.2, 0.25) is 5.91 Å². The van der Waals surface area contributed by atoms with Crippen molar-refractivity contribution in [3.05, 3.63) is 64.3 Å². The van der Waals surface area contributed by atoms with Gasteiger partial charge in [0.05, 0.1) is 23.4 Å². The largest absolute Gasteiger partial charge is 0.417 e. The van der Waals surface area contributed by atoms with Crippen molar-refractivity contribution < 1.29 is 27.9 Å². The summed E-state index contributed by atoms with van der Waals surface area (Å²) in [5, 5.41) is 16.6. The summed E-state index contributed by atoms with van der Waals surface area (Å²) in [7, 11) is 0. The quantitative estimate of drug-likeness (QED) is 0.211. The zero-order valence-corrected chi connectivity index (χ0v) is 23.6. The number of fused-ring (bicyclic) bond motifs is 2. The maximum absolute atomic E-state index is 13.9. The van der Waals surface area contributed by atoms with Gasteiger partial charge in [0.1, 0.15) is 21.6 Å². The molecule has 5 heterocycles. The molecule has 0 spiro atoms. The van der Waals surface area contributed by atoms with Crippen LogP contribution in [0.4, 0.5) is 30.4 Å². The summed E-state index contributed by atoms with van der Waals surface area (Å²) in [5.74, 6) is -0.767. The van der Waals surface area contributed by atoms with Crippen LogP contribution in [0.15, 0.2) is 42.6 Å². The third-order valence-electron chi connectivity index (χ3n) is 7.82. The molecule has 3 aromatic heterocycles. The van der Waals surface area contributed by atoms with E-state index >= 15 is 0 Å². The Hall–Kier alpha value is -4.27. The number of hydrogen-bond acceptors (Lipinski definition) is 9. The summed E-state index contributed by atoms with van der Waals surface area (Å²) in [6.45, 7) is 1.15. The first-order valence-corrected chi connectivity index (χ1v) is 14.4. The van der Waals surface area contributed by atoms with Crippen LogP contribution in [0.5, 0.6) is 0 Å². The molecule has 10 nitrogen and oxygen atoms in total. The molecule has 0 aliphatic carbocycles. The van der Waals surface area contributed by atoms with Crippen LogP contribution in [0.25, 0.3) is 21.3 Å². The lowest BCUT2D eigenvalue weighted by atomic mass is 10.0. The van der Waals surface area contributed by atoms with E-state index in [1.165, 1.54) is 0 Å². The molecule has 43 heavy (non-hydrogen) atoms. The average Bonchev–Trinajstić information content (AvgIpc) is 3.53. The maximum Gasteiger partial charge on any atom is 0.417 e. The standard InChI is InChI=1S/C29H28F3N7O3S/c30-29(31,32)18-11-22(38-28-24(18)25(33)26(43-28)27(34)42)39-7-5-17(6-8-39)35-13-21(40)20-4-2-15(12-36-20)14-1-3-19-16(9-14)10-23(41)37-19/h1-4,9,11-12,17,21,35,40H,5-8,10,13,33H2,(H2,34,42)(H,37,41). The lowest BCUT2D eigenvalue weighted by molar-refractivity contribution is -0.136. The second kappa shape index (κ2) is 11.1. The number of rotatable bonds is 7. The van der Waals surface area contributed by atoms with Crippen molar-refractivity contribution in [3.8, 4) is 11.1 Å². The van der Waals surface area contributed by atoms with Crippen molar-refractivity contribution in [2.45, 2.75) is 37.6 Å². The lowest BCUT2D eigenvalue weighted by Crippen LogP contribution is -2.44. The van der Waals surface area contributed by atoms with Crippen LogP contribution in [0.3, 0.4) is 0 Å². The number of thiophene rings is 1. The highest BCUT2D eigenvalue weighted by Gasteiger charge is 2.37. The molecule has 14 heteroatoms. The molecule has 6 rings (SSSR count). The Morgan fingerprint density at radius 1 is 1.19 bits per heavy atom. The van der Waals surface area contributed by atoms with Gasteiger partial charge < -0.3 is 32.1 Å². The predicted octanol–water partition coefficient (Wildman–Crippen LogP) is 3.84. The van der Waals surface area contributed by atoms with Crippen molar-refractivity contribution in [3.63, 3.8) is 0 Å². The molecule has 2 aliphatic rings. The predicted molar refractivity (Wildman–Crippen MR) is 158 cm³/mol. The van der Waals surface area contributed by atoms with Gasteiger partial charge in [-0.2, -0.15) is 13.2 Å². The summed E-state index contributed by atoms with van der Waals surface area (Å²) >= 11 is 0.756. The number of carbonyl (C=O) groups excluding carboxylic acids is 2. The number of carbonyl (C=O) groups is 2. The molecule has 7 N–H and O–H groups in total. The fourth-order valence-corrected chi connectivity index (χ4v) is 6.52. The normalized spacial score (nSPS) is 16.4. The second-order valence-corrected chi connectivity index (χ2v) is 11.7. The van der Waals surface area contributed by atoms with Gasteiger partial charge in [-0.25, -0.2) is 4.98 Å². The summed E-state index contributed by atoms with van der Waals surface area (Å²) < 4.78 is 41.8. The molecule has 4 aromatic rings. The van der Waals surface area contributed by atoms with Crippen molar-refractivity contribution >= 4 is 50.6 Å². The third-order valence-corrected chi connectivity index (χ3v) is 8.94. The highest BCUT2D eigenvalue weighted by Crippen LogP contribution is 2.43. The molecule has 1 aromatic carbocycles. The van der Waals surface area contributed by atoms with Crippen LogP contribution in [0, 0.1) is 0 Å². The fraction of sp³-hybridized carbons (Fsp3) is 0.310. The van der Waals surface area contributed by atoms with Crippen LogP contribution in [-0.4, -0.2) is 52.6 Å². The maximum atomic E-state index is 13.9. The minimum Gasteiger partial charge on any atom is -0.397 e. The minimum absolute atomic E-state index is 0.0151. The van der Waals surface area contributed by atoms with Gasteiger partial charge in [-0.15, -0.1) is 11.3 Å². The number of nitrogens with one attached hydrogen (secondary N) is 2. The molecule has 2 aliphatic heterocycles. The summed E-state index contributed by atoms with van der Waals surface area (Å²) in [6, 6.07) is 10.4. The summed E-state index contributed by atoms with van der Waals surface area (Å²) in [6.07, 6.45) is -2.27. The Kier molecular flexibility index (Phi) is 7.44. The summed E-state index contributed by atoms with van der Waals surface area (Å²) in [5.41, 5.74) is 14.0. The molecule has 1 saturated heterocycles. The molecule has 2 amide bonds. The number of aromatic nitrogens is 2. The Morgan fingerprint density at radius 3 is 2.60 bits per heavy atom. The first-order valence-electron chi connectivity index (χ1n) is 13.6. The van der Waals surface area contributed by atoms with Crippen molar-refractivity contribution in [1.29, 1.82) is 0 Å². The van der Waals surface area contributed by atoms with Gasteiger partial charge in [-0.05, 0) is 48.2 Å². The molecule has 0 bridgehead atoms. The Balaban J connectivity index is 1.07. The van der Waals surface area contributed by atoms with E-state index in [0.29, 0.717) is 38.0 Å². The Bertz CT molecular complexity index is 1720. The van der Waals surface area contributed by atoms with E-state index in [0.717, 1.165) is 39.8 Å². The topological polar surface area (TPSA) is 159 Å². The monoisotopic (exact) mass is 611 g/mol. The number of alkyl halides is 3. The van der Waals surface area contributed by atoms with Gasteiger partial charge in [0.15, 0.2) is 0 Å². The van der Waals surface area contributed by atoms with E-state index in [9.17, 15) is 27.9 Å². The van der Waals surface area contributed by atoms with Crippen LogP contribution in [-0.2, 0) is 17.4 Å². The molecule has 1 unspecified atom stereocenters. The van der Waals surface area contributed by atoms with E-state index < -0.39 is 23.8 Å².